The average Bonchev–Trinajstić information content (AvgIpc) is 3.03. The van der Waals surface area contributed by atoms with Gasteiger partial charge in [-0.3, -0.25) is 0 Å². The number of aryl methyl sites for hydroxylation is 1. The van der Waals surface area contributed by atoms with Crippen molar-refractivity contribution in [3.8, 4) is 0 Å². The Balaban J connectivity index is 0.00000420. The molecule has 9 heteroatoms. The van der Waals surface area contributed by atoms with Crippen molar-refractivity contribution >= 4 is 29.9 Å². The molecule has 2 N–H and O–H groups in total. The summed E-state index contributed by atoms with van der Waals surface area (Å²) in [5, 5.41) is 15.3. The molecule has 1 aliphatic carbocycles. The van der Waals surface area contributed by atoms with Gasteiger partial charge in [0, 0.05) is 26.2 Å². The number of nitrogens with one attached hydrogen (secondary N) is 2. The van der Waals surface area contributed by atoms with Gasteiger partial charge in [0.25, 0.3) is 0 Å². The zero-order valence-corrected chi connectivity index (χ0v) is 20.6. The van der Waals surface area contributed by atoms with E-state index in [0.29, 0.717) is 39.0 Å². The van der Waals surface area contributed by atoms with Crippen molar-refractivity contribution in [1.82, 2.24) is 25.4 Å². The zero-order chi connectivity index (χ0) is 20.0. The third kappa shape index (κ3) is 10.6. The number of rotatable bonds is 12. The molecule has 1 aromatic heterocycles. The maximum atomic E-state index is 5.64. The number of nitrogens with zero attached hydrogens (tertiary/aromatic N) is 4. The van der Waals surface area contributed by atoms with Crippen LogP contribution in [0.5, 0.6) is 0 Å². The van der Waals surface area contributed by atoms with Crippen molar-refractivity contribution in [3.05, 3.63) is 11.6 Å². The summed E-state index contributed by atoms with van der Waals surface area (Å²) in [6.45, 7) is 8.07. The lowest BCUT2D eigenvalue weighted by Gasteiger charge is -2.25. The minimum absolute atomic E-state index is 0. The van der Waals surface area contributed by atoms with E-state index in [-0.39, 0.29) is 24.0 Å². The maximum absolute atomic E-state index is 5.64. The van der Waals surface area contributed by atoms with E-state index in [2.05, 4.69) is 27.8 Å². The molecule has 0 amide bonds. The number of unbranched alkanes of at least 4 members (excludes halogenated alkanes) is 1. The lowest BCUT2D eigenvalue weighted by atomic mass is 9.96. The number of hydrogen-bond acceptors (Lipinski definition) is 5. The van der Waals surface area contributed by atoms with Gasteiger partial charge in [-0.05, 0) is 26.2 Å². The smallest absolute Gasteiger partial charge is 0.192 e. The third-order valence-corrected chi connectivity index (χ3v) is 5.06. The quantitative estimate of drug-likeness (QED) is 0.190. The second-order valence-corrected chi connectivity index (χ2v) is 7.37. The van der Waals surface area contributed by atoms with E-state index in [0.717, 1.165) is 37.1 Å². The third-order valence-electron chi connectivity index (χ3n) is 5.06. The van der Waals surface area contributed by atoms with Crippen LogP contribution in [0.2, 0.25) is 0 Å². The van der Waals surface area contributed by atoms with Gasteiger partial charge < -0.3 is 24.7 Å². The van der Waals surface area contributed by atoms with Crippen LogP contribution in [0.4, 0.5) is 0 Å². The highest BCUT2D eigenvalue weighted by atomic mass is 127. The first-order chi connectivity index (χ1) is 13.7. The van der Waals surface area contributed by atoms with E-state index < -0.39 is 0 Å². The van der Waals surface area contributed by atoms with Gasteiger partial charge in [-0.1, -0.05) is 32.6 Å². The molecule has 0 bridgehead atoms. The second kappa shape index (κ2) is 15.8. The Morgan fingerprint density at radius 1 is 1.10 bits per heavy atom. The SMILES string of the molecule is CCCCOCCOCCNC(=NCc1nnc(C)n1C)NC1CCCCC1.I. The highest BCUT2D eigenvalue weighted by molar-refractivity contribution is 14.0. The van der Waals surface area contributed by atoms with Gasteiger partial charge in [-0.2, -0.15) is 0 Å². The van der Waals surface area contributed by atoms with E-state index in [9.17, 15) is 0 Å². The van der Waals surface area contributed by atoms with Gasteiger partial charge in [0.2, 0.25) is 0 Å². The monoisotopic (exact) mass is 522 g/mol. The van der Waals surface area contributed by atoms with Crippen LogP contribution >= 0.6 is 24.0 Å². The number of ether oxygens (including phenoxy) is 2. The molecule has 1 aromatic rings. The van der Waals surface area contributed by atoms with E-state index in [1.54, 1.807) is 0 Å². The molecule has 0 atom stereocenters. The number of hydrogen-bond donors (Lipinski definition) is 2. The molecule has 1 aliphatic rings. The Bertz CT molecular complexity index is 575. The predicted molar refractivity (Wildman–Crippen MR) is 127 cm³/mol. The van der Waals surface area contributed by atoms with Crippen LogP contribution in [0.3, 0.4) is 0 Å². The van der Waals surface area contributed by atoms with Crippen LogP contribution in [0.25, 0.3) is 0 Å². The molecule has 29 heavy (non-hydrogen) atoms. The van der Waals surface area contributed by atoms with Gasteiger partial charge in [0.15, 0.2) is 11.8 Å². The molecule has 0 saturated heterocycles. The molecule has 1 saturated carbocycles. The Labute approximate surface area is 192 Å². The summed E-state index contributed by atoms with van der Waals surface area (Å²) in [5.41, 5.74) is 0. The minimum Gasteiger partial charge on any atom is -0.379 e. The summed E-state index contributed by atoms with van der Waals surface area (Å²) >= 11 is 0. The van der Waals surface area contributed by atoms with Crippen LogP contribution in [0.15, 0.2) is 4.99 Å². The Kier molecular flexibility index (Phi) is 14.3. The highest BCUT2D eigenvalue weighted by Crippen LogP contribution is 2.17. The molecule has 1 fully saturated rings. The van der Waals surface area contributed by atoms with Crippen LogP contribution in [-0.2, 0) is 23.1 Å². The molecular formula is C20H39IN6O2. The molecule has 1 heterocycles. The largest absolute Gasteiger partial charge is 0.379 e. The standard InChI is InChI=1S/C20H38N6O2.HI/c1-4-5-12-27-14-15-28-13-11-21-20(23-18-9-7-6-8-10-18)22-16-19-25-24-17(2)26(19)3;/h18H,4-16H2,1-3H3,(H2,21,22,23);1H. The van der Waals surface area contributed by atoms with Crippen molar-refractivity contribution in [2.24, 2.45) is 12.0 Å². The van der Waals surface area contributed by atoms with Crippen LogP contribution in [0.1, 0.15) is 63.5 Å². The average molecular weight is 522 g/mol. The first-order valence-corrected chi connectivity index (χ1v) is 10.8. The lowest BCUT2D eigenvalue weighted by Crippen LogP contribution is -2.45. The van der Waals surface area contributed by atoms with Crippen molar-refractivity contribution in [3.63, 3.8) is 0 Å². The summed E-state index contributed by atoms with van der Waals surface area (Å²) in [4.78, 5) is 4.72. The van der Waals surface area contributed by atoms with Crippen LogP contribution in [0, 0.1) is 6.92 Å². The van der Waals surface area contributed by atoms with Gasteiger partial charge in [-0.15, -0.1) is 34.2 Å². The maximum Gasteiger partial charge on any atom is 0.192 e. The molecular weight excluding hydrogens is 483 g/mol. The fourth-order valence-electron chi connectivity index (χ4n) is 3.14. The highest BCUT2D eigenvalue weighted by Gasteiger charge is 2.15. The van der Waals surface area contributed by atoms with E-state index in [1.807, 2.05) is 18.5 Å². The van der Waals surface area contributed by atoms with Crippen molar-refractivity contribution < 1.29 is 9.47 Å². The normalized spacial score (nSPS) is 15.2. The Morgan fingerprint density at radius 3 is 2.48 bits per heavy atom. The topological polar surface area (TPSA) is 85.6 Å². The Morgan fingerprint density at radius 2 is 1.83 bits per heavy atom. The summed E-state index contributed by atoms with van der Waals surface area (Å²) < 4.78 is 13.1. The molecule has 168 valence electrons. The fraction of sp³-hybridized carbons (Fsp3) is 0.850. The summed E-state index contributed by atoms with van der Waals surface area (Å²) in [7, 11) is 1.97. The van der Waals surface area contributed by atoms with Crippen LogP contribution < -0.4 is 10.6 Å². The van der Waals surface area contributed by atoms with Crippen molar-refractivity contribution in [1.29, 1.82) is 0 Å². The van der Waals surface area contributed by atoms with Crippen LogP contribution in [-0.4, -0.2) is 59.7 Å². The van der Waals surface area contributed by atoms with E-state index >= 15 is 0 Å². The van der Waals surface area contributed by atoms with Crippen molar-refractivity contribution in [2.75, 3.05) is 33.0 Å². The summed E-state index contributed by atoms with van der Waals surface area (Å²) in [5.74, 6) is 2.59. The molecule has 8 nitrogen and oxygen atoms in total. The van der Waals surface area contributed by atoms with Gasteiger partial charge in [0.1, 0.15) is 12.4 Å². The first kappa shape index (κ1) is 26.1. The fourth-order valence-corrected chi connectivity index (χ4v) is 3.14. The van der Waals surface area contributed by atoms with E-state index in [1.165, 1.54) is 32.1 Å². The first-order valence-electron chi connectivity index (χ1n) is 10.8. The van der Waals surface area contributed by atoms with Gasteiger partial charge in [-0.25, -0.2) is 4.99 Å². The predicted octanol–water partition coefficient (Wildman–Crippen LogP) is 2.94. The molecule has 0 spiro atoms. The number of halogens is 1. The number of aromatic nitrogens is 3. The molecule has 0 aliphatic heterocycles. The minimum atomic E-state index is 0. The van der Waals surface area contributed by atoms with Gasteiger partial charge >= 0.3 is 0 Å². The van der Waals surface area contributed by atoms with Crippen molar-refractivity contribution in [2.45, 2.75) is 71.4 Å². The van der Waals surface area contributed by atoms with E-state index in [4.69, 9.17) is 14.5 Å². The number of guanidine groups is 1. The molecule has 0 radical (unpaired) electrons. The summed E-state index contributed by atoms with van der Waals surface area (Å²) in [6, 6.07) is 0.495. The summed E-state index contributed by atoms with van der Waals surface area (Å²) in [6.07, 6.45) is 8.59. The zero-order valence-electron chi connectivity index (χ0n) is 18.3. The number of aliphatic imine (C=N–C) groups is 1. The van der Waals surface area contributed by atoms with Gasteiger partial charge in [0.05, 0.1) is 19.8 Å². The lowest BCUT2D eigenvalue weighted by molar-refractivity contribution is 0.0487. The molecule has 0 unspecified atom stereocenters. The Hall–Kier alpha value is -0.940. The molecule has 0 aromatic carbocycles. The second-order valence-electron chi connectivity index (χ2n) is 7.37. The molecule has 2 rings (SSSR count).